The number of hydrogen-bond donors (Lipinski definition) is 0. The van der Waals surface area contributed by atoms with E-state index in [4.69, 9.17) is 34.6 Å². The smallest absolute Gasteiger partial charge is 0.175 e. The first-order valence-electron chi connectivity index (χ1n) is 9.08. The molecule has 0 spiro atoms. The van der Waals surface area contributed by atoms with Crippen LogP contribution in [0.5, 0.6) is 23.0 Å². The molecule has 0 aromatic heterocycles. The van der Waals surface area contributed by atoms with Crippen molar-refractivity contribution < 1.29 is 18.9 Å². The van der Waals surface area contributed by atoms with Gasteiger partial charge in [-0.1, -0.05) is 6.07 Å². The van der Waals surface area contributed by atoms with Gasteiger partial charge >= 0.3 is 0 Å². The van der Waals surface area contributed by atoms with Gasteiger partial charge in [0.15, 0.2) is 44.3 Å². The third-order valence-corrected chi connectivity index (χ3v) is 5.73. The first-order valence-corrected chi connectivity index (χ1v) is 9.08. The van der Waals surface area contributed by atoms with Crippen LogP contribution >= 0.6 is 0 Å². The molecule has 2 aromatic rings. The standard InChI is InChI=1S/C20H19B2NO4/c1-24-16-4-3-11-7-15-13-9-18-17(26-20(21,22)27-18)8-12(13)5-6-23(15)10-14(11)19(16)25-2/h3-4,8-9,15H,5-7,10H2,1-2H3. The summed E-state index contributed by atoms with van der Waals surface area (Å²) in [5, 5.41) is 0. The lowest BCUT2D eigenvalue weighted by atomic mass is 9.76. The van der Waals surface area contributed by atoms with Crippen molar-refractivity contribution in [2.45, 2.75) is 31.0 Å². The van der Waals surface area contributed by atoms with Crippen LogP contribution in [0.25, 0.3) is 0 Å². The first kappa shape index (κ1) is 16.9. The van der Waals surface area contributed by atoms with Gasteiger partial charge in [-0.05, 0) is 47.7 Å². The molecule has 0 amide bonds. The average Bonchev–Trinajstić information content (AvgIpc) is 2.96. The fourth-order valence-electron chi connectivity index (χ4n) is 4.52. The number of methoxy groups -OCH3 is 2. The highest BCUT2D eigenvalue weighted by Crippen LogP contribution is 2.47. The van der Waals surface area contributed by atoms with Crippen molar-refractivity contribution in [3.63, 3.8) is 0 Å². The van der Waals surface area contributed by atoms with Crippen LogP contribution < -0.4 is 18.9 Å². The predicted octanol–water partition coefficient (Wildman–Crippen LogP) is 2.08. The number of fused-ring (bicyclic) bond motifs is 5. The number of nitrogens with zero attached hydrogens (tertiary/aromatic N) is 1. The SMILES string of the molecule is [B]C1([B])Oc2cc3c(cc2O1)C1Cc2ccc(OC)c(OC)c2CN1CC3. The Morgan fingerprint density at radius 2 is 1.85 bits per heavy atom. The Bertz CT molecular complexity index is 931. The lowest BCUT2D eigenvalue weighted by molar-refractivity contribution is 0.0833. The maximum absolute atomic E-state index is 5.78. The Hall–Kier alpha value is -2.27. The van der Waals surface area contributed by atoms with Crippen molar-refractivity contribution in [2.24, 2.45) is 0 Å². The molecular formula is C20H19B2NO4. The van der Waals surface area contributed by atoms with E-state index in [2.05, 4.69) is 11.0 Å². The van der Waals surface area contributed by atoms with Crippen LogP contribution in [0.3, 0.4) is 0 Å². The van der Waals surface area contributed by atoms with E-state index in [0.29, 0.717) is 11.5 Å². The van der Waals surface area contributed by atoms with Gasteiger partial charge in [0.1, 0.15) is 0 Å². The maximum atomic E-state index is 5.78. The summed E-state index contributed by atoms with van der Waals surface area (Å²) in [5.74, 6) is 2.84. The molecule has 1 atom stereocenters. The molecule has 0 aliphatic carbocycles. The first-order chi connectivity index (χ1) is 13.0. The molecule has 3 aliphatic rings. The molecule has 4 radical (unpaired) electrons. The number of hydrogen-bond acceptors (Lipinski definition) is 5. The van der Waals surface area contributed by atoms with Gasteiger partial charge in [-0.3, -0.25) is 4.90 Å². The lowest BCUT2D eigenvalue weighted by Crippen LogP contribution is -2.39. The van der Waals surface area contributed by atoms with Crippen molar-refractivity contribution >= 4 is 15.7 Å². The summed E-state index contributed by atoms with van der Waals surface area (Å²) >= 11 is 0. The van der Waals surface area contributed by atoms with E-state index in [-0.39, 0.29) is 6.04 Å². The summed E-state index contributed by atoms with van der Waals surface area (Å²) in [4.78, 5) is 2.48. The van der Waals surface area contributed by atoms with Gasteiger partial charge in [0.2, 0.25) is 0 Å². The molecule has 0 fully saturated rings. The molecule has 0 N–H and O–H groups in total. The topological polar surface area (TPSA) is 40.2 Å². The van der Waals surface area contributed by atoms with E-state index in [9.17, 15) is 0 Å². The molecule has 27 heavy (non-hydrogen) atoms. The van der Waals surface area contributed by atoms with Crippen LogP contribution in [0.1, 0.15) is 28.3 Å². The zero-order valence-electron chi connectivity index (χ0n) is 15.5. The van der Waals surface area contributed by atoms with Gasteiger partial charge in [-0.2, -0.15) is 0 Å². The second kappa shape index (κ2) is 5.86. The molecule has 3 heterocycles. The Labute approximate surface area is 161 Å². The molecule has 0 bridgehead atoms. The fraction of sp³-hybridized carbons (Fsp3) is 0.400. The van der Waals surface area contributed by atoms with Crippen LogP contribution in [0.2, 0.25) is 0 Å². The molecule has 1 unspecified atom stereocenters. The van der Waals surface area contributed by atoms with Crippen LogP contribution in [0.15, 0.2) is 24.3 Å². The number of rotatable bonds is 2. The van der Waals surface area contributed by atoms with E-state index in [0.717, 1.165) is 37.4 Å². The third kappa shape index (κ3) is 2.59. The summed E-state index contributed by atoms with van der Waals surface area (Å²) < 4.78 is 22.2. The zero-order valence-corrected chi connectivity index (χ0v) is 15.5. The Morgan fingerprint density at radius 3 is 2.59 bits per heavy atom. The highest BCUT2D eigenvalue weighted by molar-refractivity contribution is 6.38. The van der Waals surface area contributed by atoms with Crippen molar-refractivity contribution in [2.75, 3.05) is 20.8 Å². The van der Waals surface area contributed by atoms with Gasteiger partial charge in [-0.15, -0.1) is 0 Å². The average molecular weight is 359 g/mol. The molecular weight excluding hydrogens is 340 g/mol. The summed E-state index contributed by atoms with van der Waals surface area (Å²) in [7, 11) is 14.9. The van der Waals surface area contributed by atoms with Crippen molar-refractivity contribution in [1.29, 1.82) is 0 Å². The van der Waals surface area contributed by atoms with Gasteiger partial charge in [0.25, 0.3) is 0 Å². The molecule has 0 saturated heterocycles. The predicted molar refractivity (Wildman–Crippen MR) is 102 cm³/mol. The molecule has 3 aliphatic heterocycles. The fourth-order valence-corrected chi connectivity index (χ4v) is 4.52. The molecule has 5 nitrogen and oxygen atoms in total. The minimum atomic E-state index is -1.59. The van der Waals surface area contributed by atoms with Gasteiger partial charge in [0.05, 0.1) is 14.2 Å². The molecule has 0 saturated carbocycles. The third-order valence-electron chi connectivity index (χ3n) is 5.73. The summed E-state index contributed by atoms with van der Waals surface area (Å²) in [6, 6.07) is 8.45. The summed E-state index contributed by atoms with van der Waals surface area (Å²) in [6.45, 7) is 1.79. The van der Waals surface area contributed by atoms with Gasteiger partial charge in [-0.25, -0.2) is 0 Å². The summed E-state index contributed by atoms with van der Waals surface area (Å²) in [5.41, 5.74) is 3.42. The van der Waals surface area contributed by atoms with Crippen LogP contribution in [-0.4, -0.2) is 46.9 Å². The minimum Gasteiger partial charge on any atom is -0.493 e. The van der Waals surface area contributed by atoms with E-state index >= 15 is 0 Å². The number of ether oxygens (including phenoxy) is 4. The molecule has 134 valence electrons. The lowest BCUT2D eigenvalue weighted by Gasteiger charge is -2.42. The zero-order chi connectivity index (χ0) is 18.8. The normalized spacial score (nSPS) is 21.8. The largest absolute Gasteiger partial charge is 0.493 e. The second-order valence-corrected chi connectivity index (χ2v) is 7.30. The second-order valence-electron chi connectivity index (χ2n) is 7.30. The maximum Gasteiger partial charge on any atom is 0.175 e. The molecule has 5 rings (SSSR count). The van der Waals surface area contributed by atoms with E-state index in [1.54, 1.807) is 14.2 Å². The van der Waals surface area contributed by atoms with E-state index in [1.807, 2.05) is 18.2 Å². The quantitative estimate of drug-likeness (QED) is 0.769. The van der Waals surface area contributed by atoms with Gasteiger partial charge < -0.3 is 18.9 Å². The minimum absolute atomic E-state index is 0.277. The Balaban J connectivity index is 1.55. The highest BCUT2D eigenvalue weighted by atomic mass is 16.7. The summed E-state index contributed by atoms with van der Waals surface area (Å²) in [6.07, 6.45) is 1.84. The Morgan fingerprint density at radius 1 is 1.07 bits per heavy atom. The molecule has 2 aromatic carbocycles. The monoisotopic (exact) mass is 359 g/mol. The molecule has 7 heteroatoms. The van der Waals surface area contributed by atoms with Crippen molar-refractivity contribution in [3.8, 4) is 23.0 Å². The number of benzene rings is 2. The highest BCUT2D eigenvalue weighted by Gasteiger charge is 2.37. The van der Waals surface area contributed by atoms with Crippen LogP contribution in [0.4, 0.5) is 0 Å². The van der Waals surface area contributed by atoms with Crippen LogP contribution in [0, 0.1) is 0 Å². The Kier molecular flexibility index (Phi) is 3.66. The van der Waals surface area contributed by atoms with E-state index in [1.165, 1.54) is 22.3 Å². The van der Waals surface area contributed by atoms with Crippen LogP contribution in [-0.2, 0) is 19.4 Å². The van der Waals surface area contributed by atoms with Crippen molar-refractivity contribution in [1.82, 2.24) is 4.90 Å². The van der Waals surface area contributed by atoms with Gasteiger partial charge in [0, 0.05) is 24.7 Å². The van der Waals surface area contributed by atoms with Crippen molar-refractivity contribution in [3.05, 3.63) is 46.5 Å². The van der Waals surface area contributed by atoms with E-state index < -0.39 is 5.59 Å².